The molecule has 2 aromatic rings. The Morgan fingerprint density at radius 1 is 1.18 bits per heavy atom. The third-order valence-corrected chi connectivity index (χ3v) is 5.39. The monoisotopic (exact) mass is 317 g/mol. The van der Waals surface area contributed by atoms with E-state index in [9.17, 15) is 9.18 Å². The molecule has 22 heavy (non-hydrogen) atoms. The molecule has 2 heterocycles. The number of halogens is 1. The van der Waals surface area contributed by atoms with Crippen molar-refractivity contribution in [2.75, 3.05) is 13.1 Å². The molecule has 3 rings (SSSR count). The summed E-state index contributed by atoms with van der Waals surface area (Å²) in [5.41, 5.74) is 0.629. The first kappa shape index (κ1) is 15.2. The fourth-order valence-corrected chi connectivity index (χ4v) is 3.94. The van der Waals surface area contributed by atoms with Crippen LogP contribution in [0.25, 0.3) is 0 Å². The molecule has 1 aliphatic rings. The molecule has 0 saturated carbocycles. The number of hydrogen-bond acceptors (Lipinski definition) is 2. The minimum Gasteiger partial charge on any atom is -0.343 e. The van der Waals surface area contributed by atoms with Crippen molar-refractivity contribution in [2.24, 2.45) is 0 Å². The van der Waals surface area contributed by atoms with E-state index in [1.54, 1.807) is 23.5 Å². The Labute approximate surface area is 134 Å². The van der Waals surface area contributed by atoms with Crippen molar-refractivity contribution in [1.29, 1.82) is 0 Å². The van der Waals surface area contributed by atoms with Crippen LogP contribution in [-0.4, -0.2) is 23.9 Å². The second kappa shape index (κ2) is 7.05. The standard InChI is InChI=1S/C18H20FNOS/c19-16-5-2-1-4-14(16)7-8-18(21)20-11-9-15(10-12-20)17-6-3-13-22-17/h1-6,13,15H,7-12H2. The first-order valence-corrected chi connectivity index (χ1v) is 8.66. The highest BCUT2D eigenvalue weighted by molar-refractivity contribution is 7.10. The third kappa shape index (κ3) is 3.55. The van der Waals surface area contributed by atoms with E-state index in [-0.39, 0.29) is 11.7 Å². The van der Waals surface area contributed by atoms with Gasteiger partial charge in [-0.2, -0.15) is 0 Å². The number of carbonyl (C=O) groups is 1. The normalized spacial score (nSPS) is 16.0. The van der Waals surface area contributed by atoms with E-state index in [2.05, 4.69) is 17.5 Å². The molecule has 1 aromatic carbocycles. The first-order chi connectivity index (χ1) is 10.7. The lowest BCUT2D eigenvalue weighted by Crippen LogP contribution is -2.37. The Bertz CT molecular complexity index is 618. The van der Waals surface area contributed by atoms with E-state index in [0.29, 0.717) is 24.3 Å². The second-order valence-electron chi connectivity index (χ2n) is 5.76. The van der Waals surface area contributed by atoms with E-state index < -0.39 is 0 Å². The van der Waals surface area contributed by atoms with E-state index in [0.717, 1.165) is 25.9 Å². The van der Waals surface area contributed by atoms with Gasteiger partial charge in [0.2, 0.25) is 5.91 Å². The SMILES string of the molecule is O=C(CCc1ccccc1F)N1CCC(c2cccs2)CC1. The Kier molecular flexibility index (Phi) is 4.88. The molecule has 116 valence electrons. The maximum Gasteiger partial charge on any atom is 0.222 e. The van der Waals surface area contributed by atoms with Gasteiger partial charge in [0.15, 0.2) is 0 Å². The smallest absolute Gasteiger partial charge is 0.222 e. The Balaban J connectivity index is 1.49. The number of thiophene rings is 1. The molecule has 1 saturated heterocycles. The Morgan fingerprint density at radius 2 is 1.95 bits per heavy atom. The van der Waals surface area contributed by atoms with Crippen molar-refractivity contribution in [1.82, 2.24) is 4.90 Å². The fraction of sp³-hybridized carbons (Fsp3) is 0.389. The fourth-order valence-electron chi connectivity index (χ4n) is 3.04. The highest BCUT2D eigenvalue weighted by Gasteiger charge is 2.24. The molecule has 1 fully saturated rings. The summed E-state index contributed by atoms with van der Waals surface area (Å²) in [6.45, 7) is 1.64. The van der Waals surface area contributed by atoms with Gasteiger partial charge in [0, 0.05) is 24.4 Å². The predicted molar refractivity (Wildman–Crippen MR) is 87.6 cm³/mol. The van der Waals surface area contributed by atoms with Gasteiger partial charge in [-0.3, -0.25) is 4.79 Å². The molecule has 0 aliphatic carbocycles. The van der Waals surface area contributed by atoms with Crippen LogP contribution >= 0.6 is 11.3 Å². The van der Waals surface area contributed by atoms with E-state index >= 15 is 0 Å². The van der Waals surface area contributed by atoms with Crippen LogP contribution in [0.1, 0.15) is 35.6 Å². The largest absolute Gasteiger partial charge is 0.343 e. The lowest BCUT2D eigenvalue weighted by atomic mass is 9.95. The second-order valence-corrected chi connectivity index (χ2v) is 6.74. The molecule has 0 N–H and O–H groups in total. The minimum absolute atomic E-state index is 0.146. The topological polar surface area (TPSA) is 20.3 Å². The van der Waals surface area contributed by atoms with Gasteiger partial charge in [0.05, 0.1) is 0 Å². The quantitative estimate of drug-likeness (QED) is 0.826. The summed E-state index contributed by atoms with van der Waals surface area (Å²) in [6.07, 6.45) is 2.94. The van der Waals surface area contributed by atoms with E-state index in [4.69, 9.17) is 0 Å². The van der Waals surface area contributed by atoms with Gasteiger partial charge in [-0.1, -0.05) is 24.3 Å². The zero-order valence-electron chi connectivity index (χ0n) is 12.5. The molecule has 2 nitrogen and oxygen atoms in total. The zero-order chi connectivity index (χ0) is 15.4. The molecule has 0 radical (unpaired) electrons. The number of likely N-dealkylation sites (tertiary alicyclic amines) is 1. The number of carbonyl (C=O) groups excluding carboxylic acids is 1. The van der Waals surface area contributed by atoms with Gasteiger partial charge in [-0.25, -0.2) is 4.39 Å². The summed E-state index contributed by atoms with van der Waals surface area (Å²) in [5, 5.41) is 2.11. The molecule has 0 unspecified atom stereocenters. The van der Waals surface area contributed by atoms with E-state index in [1.807, 2.05) is 11.0 Å². The van der Waals surface area contributed by atoms with Crippen molar-refractivity contribution < 1.29 is 9.18 Å². The lowest BCUT2D eigenvalue weighted by Gasteiger charge is -2.31. The van der Waals surface area contributed by atoms with Crippen LogP contribution in [0.2, 0.25) is 0 Å². The molecule has 1 aliphatic heterocycles. The van der Waals surface area contributed by atoms with Gasteiger partial charge in [-0.15, -0.1) is 11.3 Å². The van der Waals surface area contributed by atoms with E-state index in [1.165, 1.54) is 10.9 Å². The van der Waals surface area contributed by atoms with Crippen LogP contribution in [0.3, 0.4) is 0 Å². The van der Waals surface area contributed by atoms with Crippen LogP contribution < -0.4 is 0 Å². The lowest BCUT2D eigenvalue weighted by molar-refractivity contribution is -0.132. The number of benzene rings is 1. The summed E-state index contributed by atoms with van der Waals surface area (Å²) in [6, 6.07) is 11.0. The maximum atomic E-state index is 13.6. The van der Waals surface area contributed by atoms with Crippen LogP contribution in [0.5, 0.6) is 0 Å². The predicted octanol–water partition coefficient (Wildman–Crippen LogP) is 4.23. The third-order valence-electron chi connectivity index (χ3n) is 4.36. The highest BCUT2D eigenvalue weighted by atomic mass is 32.1. The number of nitrogens with zero attached hydrogens (tertiary/aromatic N) is 1. The van der Waals surface area contributed by atoms with Gasteiger partial charge in [0.25, 0.3) is 0 Å². The average molecular weight is 317 g/mol. The van der Waals surface area contributed by atoms with Crippen LogP contribution in [0, 0.1) is 5.82 Å². The highest BCUT2D eigenvalue weighted by Crippen LogP contribution is 2.31. The van der Waals surface area contributed by atoms with Crippen LogP contribution in [0.4, 0.5) is 4.39 Å². The molecule has 0 bridgehead atoms. The first-order valence-electron chi connectivity index (χ1n) is 7.78. The van der Waals surface area contributed by atoms with Crippen molar-refractivity contribution in [3.8, 4) is 0 Å². The number of piperidine rings is 1. The number of aryl methyl sites for hydroxylation is 1. The molecule has 1 amide bonds. The van der Waals surface area contributed by atoms with Crippen molar-refractivity contribution in [3.63, 3.8) is 0 Å². The summed E-state index contributed by atoms with van der Waals surface area (Å²) in [4.78, 5) is 15.6. The molecule has 0 spiro atoms. The van der Waals surface area contributed by atoms with Crippen molar-refractivity contribution in [2.45, 2.75) is 31.6 Å². The summed E-state index contributed by atoms with van der Waals surface area (Å²) in [7, 11) is 0. The van der Waals surface area contributed by atoms with Crippen molar-refractivity contribution >= 4 is 17.2 Å². The average Bonchev–Trinajstić information content (AvgIpc) is 3.08. The zero-order valence-corrected chi connectivity index (χ0v) is 13.3. The Hall–Kier alpha value is -1.68. The van der Waals surface area contributed by atoms with Crippen LogP contribution in [-0.2, 0) is 11.2 Å². The van der Waals surface area contributed by atoms with Gasteiger partial charge in [-0.05, 0) is 48.3 Å². The summed E-state index contributed by atoms with van der Waals surface area (Å²) < 4.78 is 13.6. The summed E-state index contributed by atoms with van der Waals surface area (Å²) >= 11 is 1.80. The summed E-state index contributed by atoms with van der Waals surface area (Å²) in [5.74, 6) is 0.523. The number of amides is 1. The van der Waals surface area contributed by atoms with Gasteiger partial charge < -0.3 is 4.90 Å². The van der Waals surface area contributed by atoms with Gasteiger partial charge in [0.1, 0.15) is 5.82 Å². The van der Waals surface area contributed by atoms with Crippen molar-refractivity contribution in [3.05, 3.63) is 58.0 Å². The van der Waals surface area contributed by atoms with Crippen LogP contribution in [0.15, 0.2) is 41.8 Å². The minimum atomic E-state index is -0.216. The molecule has 1 aromatic heterocycles. The molecule has 4 heteroatoms. The molecular formula is C18H20FNOS. The molecular weight excluding hydrogens is 297 g/mol. The number of hydrogen-bond donors (Lipinski definition) is 0. The maximum absolute atomic E-state index is 13.6. The number of rotatable bonds is 4. The Morgan fingerprint density at radius 3 is 2.64 bits per heavy atom. The molecule has 0 atom stereocenters. The van der Waals surface area contributed by atoms with Gasteiger partial charge >= 0.3 is 0 Å².